The summed E-state index contributed by atoms with van der Waals surface area (Å²) in [5.41, 5.74) is 16.4. The van der Waals surface area contributed by atoms with E-state index in [2.05, 4.69) is 206 Å². The standard InChI is InChI=1S/C64H40F2/c65-47-32-36-54-55(39-47)61(41-29-33-51-49-25-13-15-27-57(49)63(59(51)37-41,43-17-5-1-6-18-43)44-19-7-2-8-20-44)53-35-31-48(66)40-56(53)62(54)42-30-34-52-50-26-14-16-28-58(50)64(60(52)38-42,45-21-9-3-10-22-45)46-23-11-4-12-24-46/h1-40H. The molecule has 0 saturated heterocycles. The van der Waals surface area contributed by atoms with E-state index >= 15 is 8.78 Å². The molecule has 0 atom stereocenters. The second-order valence-electron chi connectivity index (χ2n) is 17.7. The van der Waals surface area contributed by atoms with Gasteiger partial charge in [0.25, 0.3) is 0 Å². The number of halogens is 2. The van der Waals surface area contributed by atoms with Crippen molar-refractivity contribution >= 4 is 21.5 Å². The molecule has 0 radical (unpaired) electrons. The normalized spacial score (nSPS) is 13.8. The summed E-state index contributed by atoms with van der Waals surface area (Å²) in [5, 5.41) is 3.24. The highest BCUT2D eigenvalue weighted by molar-refractivity contribution is 6.21. The topological polar surface area (TPSA) is 0 Å². The Hall–Kier alpha value is -8.20. The summed E-state index contributed by atoms with van der Waals surface area (Å²) in [6.07, 6.45) is 0. The van der Waals surface area contributed by atoms with Gasteiger partial charge < -0.3 is 0 Å². The van der Waals surface area contributed by atoms with Crippen LogP contribution in [0.1, 0.15) is 44.5 Å². The van der Waals surface area contributed by atoms with Gasteiger partial charge in [-0.1, -0.05) is 206 Å². The fourth-order valence-electron chi connectivity index (χ4n) is 12.0. The Morgan fingerprint density at radius 3 is 0.924 bits per heavy atom. The Morgan fingerprint density at radius 1 is 0.242 bits per heavy atom. The van der Waals surface area contributed by atoms with Gasteiger partial charge in [0, 0.05) is 0 Å². The maximum Gasteiger partial charge on any atom is 0.123 e. The van der Waals surface area contributed by atoms with Gasteiger partial charge in [0.15, 0.2) is 0 Å². The molecule has 0 aromatic heterocycles. The molecule has 0 N–H and O–H groups in total. The fourth-order valence-corrected chi connectivity index (χ4v) is 12.0. The number of benzene rings is 11. The largest absolute Gasteiger partial charge is 0.207 e. The summed E-state index contributed by atoms with van der Waals surface area (Å²) in [6.45, 7) is 0. The van der Waals surface area contributed by atoms with Crippen molar-refractivity contribution in [2.75, 3.05) is 0 Å². The van der Waals surface area contributed by atoms with Crippen molar-refractivity contribution in [3.05, 3.63) is 299 Å². The van der Waals surface area contributed by atoms with Crippen molar-refractivity contribution in [1.29, 1.82) is 0 Å². The van der Waals surface area contributed by atoms with E-state index in [1.165, 1.54) is 56.6 Å². The highest BCUT2D eigenvalue weighted by Crippen LogP contribution is 2.59. The molecule has 0 aliphatic heterocycles. The fraction of sp³-hybridized carbons (Fsp3) is 0.0312. The van der Waals surface area contributed by atoms with E-state index in [1.807, 2.05) is 12.1 Å². The average Bonchev–Trinajstić information content (AvgIpc) is 3.84. The van der Waals surface area contributed by atoms with Crippen LogP contribution in [0.4, 0.5) is 8.78 Å². The first-order valence-corrected chi connectivity index (χ1v) is 22.6. The minimum absolute atomic E-state index is 0.329. The Kier molecular flexibility index (Phi) is 8.51. The first-order valence-electron chi connectivity index (χ1n) is 22.6. The zero-order valence-electron chi connectivity index (χ0n) is 35.8. The van der Waals surface area contributed by atoms with Gasteiger partial charge in [-0.15, -0.1) is 0 Å². The molecule has 0 heterocycles. The van der Waals surface area contributed by atoms with Crippen molar-refractivity contribution in [3.63, 3.8) is 0 Å². The first-order chi connectivity index (χ1) is 32.6. The lowest BCUT2D eigenvalue weighted by molar-refractivity contribution is 0.629. The highest BCUT2D eigenvalue weighted by atomic mass is 19.1. The molecule has 310 valence electrons. The molecule has 11 aromatic rings. The Bertz CT molecular complexity index is 3380. The second kappa shape index (κ2) is 14.7. The molecule has 0 bridgehead atoms. The van der Waals surface area contributed by atoms with Gasteiger partial charge in [0.05, 0.1) is 10.8 Å². The predicted molar refractivity (Wildman–Crippen MR) is 267 cm³/mol. The van der Waals surface area contributed by atoms with Gasteiger partial charge >= 0.3 is 0 Å². The predicted octanol–water partition coefficient (Wildman–Crippen LogP) is 16.3. The maximum absolute atomic E-state index is 16.0. The van der Waals surface area contributed by atoms with Crippen molar-refractivity contribution in [2.45, 2.75) is 10.8 Å². The molecule has 0 saturated carbocycles. The van der Waals surface area contributed by atoms with E-state index in [4.69, 9.17) is 0 Å². The molecule has 0 nitrogen and oxygen atoms in total. The number of hydrogen-bond donors (Lipinski definition) is 0. The lowest BCUT2D eigenvalue weighted by Gasteiger charge is -2.34. The zero-order valence-corrected chi connectivity index (χ0v) is 35.8. The third-order valence-electron chi connectivity index (χ3n) is 14.5. The van der Waals surface area contributed by atoms with Crippen LogP contribution in [0, 0.1) is 11.6 Å². The minimum atomic E-state index is -0.626. The van der Waals surface area contributed by atoms with Gasteiger partial charge in [0.1, 0.15) is 11.6 Å². The van der Waals surface area contributed by atoms with E-state index < -0.39 is 10.8 Å². The summed E-state index contributed by atoms with van der Waals surface area (Å²) < 4.78 is 32.1. The Balaban J connectivity index is 1.10. The summed E-state index contributed by atoms with van der Waals surface area (Å²) in [4.78, 5) is 0. The molecule has 11 aromatic carbocycles. The van der Waals surface area contributed by atoms with Crippen LogP contribution in [-0.4, -0.2) is 0 Å². The molecule has 0 amide bonds. The van der Waals surface area contributed by atoms with Crippen LogP contribution < -0.4 is 0 Å². The van der Waals surface area contributed by atoms with E-state index in [0.717, 1.165) is 66.1 Å². The van der Waals surface area contributed by atoms with Gasteiger partial charge in [-0.25, -0.2) is 8.78 Å². The lowest BCUT2D eigenvalue weighted by atomic mass is 9.67. The molecule has 0 spiro atoms. The molecule has 2 aliphatic carbocycles. The molecule has 66 heavy (non-hydrogen) atoms. The quantitative estimate of drug-likeness (QED) is 0.146. The van der Waals surface area contributed by atoms with E-state index in [9.17, 15) is 0 Å². The number of fused-ring (bicyclic) bond motifs is 8. The molecule has 13 rings (SSSR count). The maximum atomic E-state index is 16.0. The van der Waals surface area contributed by atoms with Crippen LogP contribution in [0.5, 0.6) is 0 Å². The third-order valence-corrected chi connectivity index (χ3v) is 14.5. The van der Waals surface area contributed by atoms with Crippen LogP contribution >= 0.6 is 0 Å². The van der Waals surface area contributed by atoms with Gasteiger partial charge in [0.2, 0.25) is 0 Å². The van der Waals surface area contributed by atoms with Gasteiger partial charge in [-0.3, -0.25) is 0 Å². The van der Waals surface area contributed by atoms with Gasteiger partial charge in [-0.2, -0.15) is 0 Å². The van der Waals surface area contributed by atoms with Crippen molar-refractivity contribution in [3.8, 4) is 44.5 Å². The van der Waals surface area contributed by atoms with Crippen LogP contribution in [-0.2, 0) is 10.8 Å². The summed E-state index contributed by atoms with van der Waals surface area (Å²) in [6, 6.07) is 84.0. The molecule has 2 heteroatoms. The van der Waals surface area contributed by atoms with E-state index in [-0.39, 0.29) is 11.6 Å². The molecule has 2 aliphatic rings. The zero-order chi connectivity index (χ0) is 44.0. The number of rotatable bonds is 6. The van der Waals surface area contributed by atoms with E-state index in [0.29, 0.717) is 0 Å². The van der Waals surface area contributed by atoms with Crippen LogP contribution in [0.15, 0.2) is 243 Å². The Morgan fingerprint density at radius 2 is 0.561 bits per heavy atom. The molecule has 0 fully saturated rings. The monoisotopic (exact) mass is 846 g/mol. The SMILES string of the molecule is Fc1ccc2c(-c3ccc4c(c3)C(c3ccccc3)(c3ccccc3)c3ccccc3-4)c3cc(F)ccc3c(-c3ccc4c(c3)C(c3ccccc3)(c3ccccc3)c3ccccc3-4)c2c1. The summed E-state index contributed by atoms with van der Waals surface area (Å²) in [7, 11) is 0. The smallest absolute Gasteiger partial charge is 0.123 e. The second-order valence-corrected chi connectivity index (χ2v) is 17.7. The van der Waals surface area contributed by atoms with Crippen LogP contribution in [0.25, 0.3) is 66.1 Å². The highest BCUT2D eigenvalue weighted by Gasteiger charge is 2.47. The van der Waals surface area contributed by atoms with Crippen LogP contribution in [0.3, 0.4) is 0 Å². The summed E-state index contributed by atoms with van der Waals surface area (Å²) in [5.74, 6) is -0.659. The molecule has 0 unspecified atom stereocenters. The number of hydrogen-bond acceptors (Lipinski definition) is 0. The van der Waals surface area contributed by atoms with Crippen molar-refractivity contribution in [2.24, 2.45) is 0 Å². The van der Waals surface area contributed by atoms with Crippen molar-refractivity contribution in [1.82, 2.24) is 0 Å². The summed E-state index contributed by atoms with van der Waals surface area (Å²) >= 11 is 0. The molecular weight excluding hydrogens is 807 g/mol. The van der Waals surface area contributed by atoms with Gasteiger partial charge in [-0.05, 0) is 147 Å². The third kappa shape index (κ3) is 5.30. The minimum Gasteiger partial charge on any atom is -0.207 e. The van der Waals surface area contributed by atoms with Crippen molar-refractivity contribution < 1.29 is 8.78 Å². The lowest BCUT2D eigenvalue weighted by Crippen LogP contribution is -2.28. The molecular formula is C64H40F2. The van der Waals surface area contributed by atoms with Crippen LogP contribution in [0.2, 0.25) is 0 Å². The average molecular weight is 847 g/mol. The van der Waals surface area contributed by atoms with E-state index in [1.54, 1.807) is 12.1 Å². The Labute approximate surface area is 382 Å². The first kappa shape index (κ1) is 38.3.